The van der Waals surface area contributed by atoms with Gasteiger partial charge >= 0.3 is 5.97 Å². The number of aromatic carboxylic acids is 1. The lowest BCUT2D eigenvalue weighted by Crippen LogP contribution is -2.19. The van der Waals surface area contributed by atoms with Crippen molar-refractivity contribution in [3.05, 3.63) is 52.7 Å². The Morgan fingerprint density at radius 3 is 2.62 bits per heavy atom. The third-order valence-electron chi connectivity index (χ3n) is 3.02. The van der Waals surface area contributed by atoms with E-state index in [0.717, 1.165) is 5.56 Å². The minimum atomic E-state index is -1.06. The number of carboxylic acid groups (broad SMARTS) is 1. The average Bonchev–Trinajstić information content (AvgIpc) is 2.80. The molecule has 0 spiro atoms. The molecule has 0 aliphatic heterocycles. The first-order valence-electron chi connectivity index (χ1n) is 6.16. The van der Waals surface area contributed by atoms with Gasteiger partial charge in [0.1, 0.15) is 11.4 Å². The summed E-state index contributed by atoms with van der Waals surface area (Å²) in [6, 6.07) is 5.77. The van der Waals surface area contributed by atoms with Crippen LogP contribution in [0.4, 0.5) is 4.39 Å². The molecule has 1 heterocycles. The first-order chi connectivity index (χ1) is 9.49. The summed E-state index contributed by atoms with van der Waals surface area (Å²) < 4.78 is 17.9. The molecule has 1 atom stereocenters. The molecule has 0 unspecified atom stereocenters. The summed E-state index contributed by atoms with van der Waals surface area (Å²) in [6.45, 7) is 3.85. The molecule has 2 rings (SSSR count). The van der Waals surface area contributed by atoms with Gasteiger partial charge in [0.05, 0.1) is 11.7 Å². The highest BCUT2D eigenvalue weighted by molar-refractivity contribution is 5.90. The second-order valence-electron chi connectivity index (χ2n) is 4.54. The number of hydrogen-bond acceptors (Lipinski definition) is 4. The molecule has 0 aliphatic carbocycles. The molecule has 5 nitrogen and oxygen atoms in total. The highest BCUT2D eigenvalue weighted by Crippen LogP contribution is 2.21. The van der Waals surface area contributed by atoms with Crippen molar-refractivity contribution in [3.8, 4) is 0 Å². The molecule has 0 aliphatic rings. The van der Waals surface area contributed by atoms with Gasteiger partial charge in [-0.2, -0.15) is 0 Å². The quantitative estimate of drug-likeness (QED) is 0.887. The maximum absolute atomic E-state index is 12.8. The molecule has 2 aromatic rings. The van der Waals surface area contributed by atoms with Gasteiger partial charge < -0.3 is 14.9 Å². The Morgan fingerprint density at radius 2 is 2.05 bits per heavy atom. The SMILES string of the molecule is Cc1noc([C@@H](C)NCc2ccc(F)cc2)c1C(=O)O.Cl. The highest BCUT2D eigenvalue weighted by atomic mass is 35.5. The van der Waals surface area contributed by atoms with Crippen molar-refractivity contribution < 1.29 is 18.8 Å². The predicted molar refractivity (Wildman–Crippen MR) is 77.1 cm³/mol. The van der Waals surface area contributed by atoms with E-state index in [1.165, 1.54) is 12.1 Å². The number of aryl methyl sites for hydroxylation is 1. The van der Waals surface area contributed by atoms with E-state index in [-0.39, 0.29) is 35.6 Å². The number of nitrogens with zero attached hydrogens (tertiary/aromatic N) is 1. The molecule has 7 heteroatoms. The van der Waals surface area contributed by atoms with Gasteiger partial charge in [0.2, 0.25) is 0 Å². The monoisotopic (exact) mass is 314 g/mol. The fourth-order valence-electron chi connectivity index (χ4n) is 1.91. The zero-order chi connectivity index (χ0) is 14.7. The van der Waals surface area contributed by atoms with Crippen LogP contribution in [0.1, 0.15) is 40.3 Å². The zero-order valence-corrected chi connectivity index (χ0v) is 12.4. The van der Waals surface area contributed by atoms with Gasteiger partial charge in [-0.15, -0.1) is 12.4 Å². The molecule has 114 valence electrons. The lowest BCUT2D eigenvalue weighted by atomic mass is 10.1. The first-order valence-corrected chi connectivity index (χ1v) is 6.16. The molecular formula is C14H16ClFN2O3. The third-order valence-corrected chi connectivity index (χ3v) is 3.02. The third kappa shape index (κ3) is 4.03. The summed E-state index contributed by atoms with van der Waals surface area (Å²) in [5.74, 6) is -1.06. The number of aromatic nitrogens is 1. The Morgan fingerprint density at radius 1 is 1.43 bits per heavy atom. The summed E-state index contributed by atoms with van der Waals surface area (Å²) in [7, 11) is 0. The molecule has 0 bridgehead atoms. The van der Waals surface area contributed by atoms with Crippen LogP contribution in [0.5, 0.6) is 0 Å². The Balaban J connectivity index is 0.00000220. The van der Waals surface area contributed by atoms with E-state index in [1.807, 2.05) is 0 Å². The van der Waals surface area contributed by atoms with E-state index < -0.39 is 5.97 Å². The maximum atomic E-state index is 12.8. The van der Waals surface area contributed by atoms with Crippen LogP contribution < -0.4 is 5.32 Å². The van der Waals surface area contributed by atoms with Crippen LogP contribution in [0.15, 0.2) is 28.8 Å². The van der Waals surface area contributed by atoms with Crippen molar-refractivity contribution in [2.45, 2.75) is 26.4 Å². The largest absolute Gasteiger partial charge is 0.477 e. The van der Waals surface area contributed by atoms with Crippen LogP contribution in [0.3, 0.4) is 0 Å². The van der Waals surface area contributed by atoms with Crippen LogP contribution in [0.25, 0.3) is 0 Å². The molecule has 0 fully saturated rings. The van der Waals surface area contributed by atoms with Crippen LogP contribution in [-0.2, 0) is 6.54 Å². The second-order valence-corrected chi connectivity index (χ2v) is 4.54. The molecular weight excluding hydrogens is 299 g/mol. The van der Waals surface area contributed by atoms with Crippen molar-refractivity contribution in [3.63, 3.8) is 0 Å². The number of benzene rings is 1. The van der Waals surface area contributed by atoms with Crippen molar-refractivity contribution in [2.75, 3.05) is 0 Å². The Bertz CT molecular complexity index is 613. The number of rotatable bonds is 5. The first kappa shape index (κ1) is 17.1. The van der Waals surface area contributed by atoms with Gasteiger partial charge in [-0.05, 0) is 31.5 Å². The summed E-state index contributed by atoms with van der Waals surface area (Å²) in [5, 5.41) is 15.9. The lowest BCUT2D eigenvalue weighted by Gasteiger charge is -2.11. The number of hydrogen-bond donors (Lipinski definition) is 2. The molecule has 1 aromatic carbocycles. The van der Waals surface area contributed by atoms with Crippen LogP contribution >= 0.6 is 12.4 Å². The minimum absolute atomic E-state index is 0. The summed E-state index contributed by atoms with van der Waals surface area (Å²) in [6.07, 6.45) is 0. The highest BCUT2D eigenvalue weighted by Gasteiger charge is 2.23. The van der Waals surface area contributed by atoms with E-state index in [4.69, 9.17) is 9.63 Å². The fraction of sp³-hybridized carbons (Fsp3) is 0.286. The Kier molecular flexibility index (Phi) is 5.87. The predicted octanol–water partition coefficient (Wildman–Crippen LogP) is 3.09. The Hall–Kier alpha value is -1.92. The van der Waals surface area contributed by atoms with Crippen molar-refractivity contribution in [1.82, 2.24) is 10.5 Å². The van der Waals surface area contributed by atoms with E-state index >= 15 is 0 Å². The van der Waals surface area contributed by atoms with Gasteiger partial charge in [-0.25, -0.2) is 9.18 Å². The topological polar surface area (TPSA) is 75.4 Å². The maximum Gasteiger partial charge on any atom is 0.341 e. The lowest BCUT2D eigenvalue weighted by molar-refractivity contribution is 0.0692. The normalized spacial score (nSPS) is 11.8. The number of nitrogens with one attached hydrogen (secondary N) is 1. The molecule has 1 aromatic heterocycles. The van der Waals surface area contributed by atoms with Crippen molar-refractivity contribution in [2.24, 2.45) is 0 Å². The Labute approximate surface area is 127 Å². The second kappa shape index (κ2) is 7.19. The number of carbonyl (C=O) groups is 1. The number of halogens is 2. The minimum Gasteiger partial charge on any atom is -0.477 e. The van der Waals surface area contributed by atoms with E-state index in [1.54, 1.807) is 26.0 Å². The summed E-state index contributed by atoms with van der Waals surface area (Å²) in [5.41, 5.74) is 1.33. The van der Waals surface area contributed by atoms with Crippen molar-refractivity contribution >= 4 is 18.4 Å². The van der Waals surface area contributed by atoms with Crippen LogP contribution in [0.2, 0.25) is 0 Å². The zero-order valence-electron chi connectivity index (χ0n) is 11.6. The van der Waals surface area contributed by atoms with Crippen LogP contribution in [-0.4, -0.2) is 16.2 Å². The van der Waals surface area contributed by atoms with Gasteiger partial charge in [0.15, 0.2) is 5.76 Å². The van der Waals surface area contributed by atoms with Gasteiger partial charge in [0, 0.05) is 6.54 Å². The standard InChI is InChI=1S/C14H15FN2O3.ClH/c1-8-12(14(18)19)13(20-17-8)9(2)16-7-10-3-5-11(15)6-4-10;/h3-6,9,16H,7H2,1-2H3,(H,18,19);1H/t9-;/m1./s1. The fourth-order valence-corrected chi connectivity index (χ4v) is 1.91. The van der Waals surface area contributed by atoms with Gasteiger partial charge in [-0.3, -0.25) is 0 Å². The molecule has 0 amide bonds. The summed E-state index contributed by atoms with van der Waals surface area (Å²) >= 11 is 0. The molecule has 0 saturated carbocycles. The van der Waals surface area contributed by atoms with Gasteiger partial charge in [-0.1, -0.05) is 17.3 Å². The molecule has 2 N–H and O–H groups in total. The van der Waals surface area contributed by atoms with Crippen LogP contribution in [0, 0.1) is 12.7 Å². The smallest absolute Gasteiger partial charge is 0.341 e. The average molecular weight is 315 g/mol. The molecule has 0 radical (unpaired) electrons. The molecule has 21 heavy (non-hydrogen) atoms. The van der Waals surface area contributed by atoms with E-state index in [0.29, 0.717) is 12.2 Å². The van der Waals surface area contributed by atoms with E-state index in [9.17, 15) is 9.18 Å². The summed E-state index contributed by atoms with van der Waals surface area (Å²) in [4.78, 5) is 11.2. The number of carboxylic acids is 1. The van der Waals surface area contributed by atoms with Gasteiger partial charge in [0.25, 0.3) is 0 Å². The van der Waals surface area contributed by atoms with E-state index in [2.05, 4.69) is 10.5 Å². The molecule has 0 saturated heterocycles. The van der Waals surface area contributed by atoms with Crippen molar-refractivity contribution in [1.29, 1.82) is 0 Å².